The Labute approximate surface area is 120 Å². The molecule has 1 aliphatic heterocycles. The lowest BCUT2D eigenvalue weighted by molar-refractivity contribution is -0.143. The van der Waals surface area contributed by atoms with Crippen molar-refractivity contribution < 1.29 is 18.3 Å². The molecule has 0 aromatic carbocycles. The number of aliphatic carboxylic acids is 1. The Morgan fingerprint density at radius 1 is 1.53 bits per heavy atom. The molecule has 7 heteroatoms. The Bertz CT molecular complexity index is 570. The van der Waals surface area contributed by atoms with Gasteiger partial charge in [0.15, 0.2) is 9.84 Å². The summed E-state index contributed by atoms with van der Waals surface area (Å²) in [6.45, 7) is 0. The first-order valence-electron chi connectivity index (χ1n) is 5.91. The summed E-state index contributed by atoms with van der Waals surface area (Å²) < 4.78 is 23.7. The highest BCUT2D eigenvalue weighted by Crippen LogP contribution is 2.28. The molecule has 0 radical (unpaired) electrons. The molecule has 1 fully saturated rings. The molecule has 2 rings (SSSR count). The molecule has 2 heterocycles. The van der Waals surface area contributed by atoms with Gasteiger partial charge in [-0.3, -0.25) is 9.78 Å². The molecule has 5 nitrogen and oxygen atoms in total. The summed E-state index contributed by atoms with van der Waals surface area (Å²) in [5.41, 5.74) is 0.667. The number of carbonyl (C=O) groups is 1. The Kier molecular flexibility index (Phi) is 4.25. The molecule has 1 saturated heterocycles. The molecule has 1 aromatic rings. The first-order chi connectivity index (χ1) is 8.87. The monoisotopic (exact) mass is 347 g/mol. The van der Waals surface area contributed by atoms with Crippen LogP contribution in [0.25, 0.3) is 0 Å². The van der Waals surface area contributed by atoms with Crippen LogP contribution in [0.15, 0.2) is 22.8 Å². The summed E-state index contributed by atoms with van der Waals surface area (Å²) in [6.07, 6.45) is 2.30. The van der Waals surface area contributed by atoms with Crippen molar-refractivity contribution in [1.82, 2.24) is 4.98 Å². The third kappa shape index (κ3) is 3.76. The number of nitrogens with zero attached hydrogens (tertiary/aromatic N) is 1. The normalized spacial score (nSPS) is 23.1. The first kappa shape index (κ1) is 14.5. The van der Waals surface area contributed by atoms with Crippen molar-refractivity contribution >= 4 is 31.7 Å². The van der Waals surface area contributed by atoms with E-state index in [4.69, 9.17) is 0 Å². The predicted molar refractivity (Wildman–Crippen MR) is 73.5 cm³/mol. The van der Waals surface area contributed by atoms with Crippen LogP contribution < -0.4 is 0 Å². The molecule has 0 aliphatic carbocycles. The number of halogens is 1. The van der Waals surface area contributed by atoms with Gasteiger partial charge in [0.1, 0.15) is 0 Å². The van der Waals surface area contributed by atoms with Crippen molar-refractivity contribution in [2.45, 2.75) is 12.8 Å². The number of rotatable bonds is 4. The van der Waals surface area contributed by atoms with Gasteiger partial charge >= 0.3 is 5.97 Å². The van der Waals surface area contributed by atoms with Crippen molar-refractivity contribution in [3.05, 3.63) is 28.5 Å². The topological polar surface area (TPSA) is 84.3 Å². The smallest absolute Gasteiger partial charge is 0.307 e. The molecule has 1 N–H and O–H groups in total. The third-order valence-electron chi connectivity index (χ3n) is 3.37. The number of carboxylic acid groups (broad SMARTS) is 1. The van der Waals surface area contributed by atoms with E-state index in [2.05, 4.69) is 20.9 Å². The Balaban J connectivity index is 2.13. The van der Waals surface area contributed by atoms with Gasteiger partial charge in [0.05, 0.1) is 17.4 Å². The second kappa shape index (κ2) is 5.58. The van der Waals surface area contributed by atoms with E-state index in [1.807, 2.05) is 0 Å². The standard InChI is InChI=1S/C12H14BrNO4S/c13-9-1-2-10(14-6-9)5-11(12(15)16)8-3-4-19(17,18)7-8/h1-2,6,8,11H,3-5,7H2,(H,15,16). The van der Waals surface area contributed by atoms with E-state index in [1.54, 1.807) is 18.3 Å². The van der Waals surface area contributed by atoms with E-state index in [0.29, 0.717) is 12.1 Å². The van der Waals surface area contributed by atoms with Crippen LogP contribution in [-0.2, 0) is 21.1 Å². The van der Waals surface area contributed by atoms with Crippen molar-refractivity contribution in [2.75, 3.05) is 11.5 Å². The Hall–Kier alpha value is -0.950. The first-order valence-corrected chi connectivity index (χ1v) is 8.52. The number of pyridine rings is 1. The van der Waals surface area contributed by atoms with Crippen molar-refractivity contribution in [1.29, 1.82) is 0 Å². The second-order valence-electron chi connectivity index (χ2n) is 4.78. The number of carboxylic acids is 1. The molecule has 104 valence electrons. The molecular formula is C12H14BrNO4S. The molecule has 0 spiro atoms. The Morgan fingerprint density at radius 2 is 2.26 bits per heavy atom. The van der Waals surface area contributed by atoms with E-state index >= 15 is 0 Å². The van der Waals surface area contributed by atoms with E-state index < -0.39 is 21.7 Å². The highest BCUT2D eigenvalue weighted by atomic mass is 79.9. The maximum Gasteiger partial charge on any atom is 0.307 e. The van der Waals surface area contributed by atoms with Gasteiger partial charge in [0.25, 0.3) is 0 Å². The summed E-state index contributed by atoms with van der Waals surface area (Å²) in [4.78, 5) is 15.5. The Morgan fingerprint density at radius 3 is 2.74 bits per heavy atom. The lowest BCUT2D eigenvalue weighted by atomic mass is 9.88. The van der Waals surface area contributed by atoms with E-state index in [0.717, 1.165) is 4.47 Å². The largest absolute Gasteiger partial charge is 0.481 e. The van der Waals surface area contributed by atoms with E-state index in [9.17, 15) is 18.3 Å². The lowest BCUT2D eigenvalue weighted by Crippen LogP contribution is -2.27. The quantitative estimate of drug-likeness (QED) is 0.892. The number of hydrogen-bond donors (Lipinski definition) is 1. The summed E-state index contributed by atoms with van der Waals surface area (Å²) in [7, 11) is -3.06. The second-order valence-corrected chi connectivity index (χ2v) is 7.92. The SMILES string of the molecule is O=C(O)C(Cc1ccc(Br)cn1)C1CCS(=O)(=O)C1. The summed E-state index contributed by atoms with van der Waals surface area (Å²) in [5, 5.41) is 9.29. The zero-order chi connectivity index (χ0) is 14.0. The molecule has 0 amide bonds. The van der Waals surface area contributed by atoms with E-state index in [-0.39, 0.29) is 23.8 Å². The molecule has 1 aromatic heterocycles. The zero-order valence-electron chi connectivity index (χ0n) is 10.1. The van der Waals surface area contributed by atoms with Crippen LogP contribution in [0.5, 0.6) is 0 Å². The molecule has 19 heavy (non-hydrogen) atoms. The fraction of sp³-hybridized carbons (Fsp3) is 0.500. The highest BCUT2D eigenvalue weighted by Gasteiger charge is 2.37. The molecule has 0 bridgehead atoms. The van der Waals surface area contributed by atoms with Gasteiger partial charge in [-0.15, -0.1) is 0 Å². The van der Waals surface area contributed by atoms with Crippen LogP contribution in [0, 0.1) is 11.8 Å². The van der Waals surface area contributed by atoms with E-state index in [1.165, 1.54) is 0 Å². The van der Waals surface area contributed by atoms with Gasteiger partial charge in [0, 0.05) is 22.8 Å². The fourth-order valence-electron chi connectivity index (χ4n) is 2.35. The van der Waals surface area contributed by atoms with Gasteiger partial charge in [-0.05, 0) is 40.4 Å². The van der Waals surface area contributed by atoms with Gasteiger partial charge < -0.3 is 5.11 Å². The van der Waals surface area contributed by atoms with Crippen LogP contribution in [0.1, 0.15) is 12.1 Å². The molecule has 2 atom stereocenters. The highest BCUT2D eigenvalue weighted by molar-refractivity contribution is 9.10. The van der Waals surface area contributed by atoms with Crippen molar-refractivity contribution in [3.63, 3.8) is 0 Å². The summed E-state index contributed by atoms with van der Waals surface area (Å²) in [6, 6.07) is 3.55. The summed E-state index contributed by atoms with van der Waals surface area (Å²) >= 11 is 3.26. The van der Waals surface area contributed by atoms with Gasteiger partial charge in [-0.1, -0.05) is 0 Å². The van der Waals surface area contributed by atoms with Crippen LogP contribution in [0.2, 0.25) is 0 Å². The van der Waals surface area contributed by atoms with Crippen molar-refractivity contribution in [2.24, 2.45) is 11.8 Å². The fourth-order valence-corrected chi connectivity index (χ4v) is 4.46. The number of aromatic nitrogens is 1. The van der Waals surface area contributed by atoms with Crippen LogP contribution in [0.4, 0.5) is 0 Å². The van der Waals surface area contributed by atoms with Gasteiger partial charge in [0.2, 0.25) is 0 Å². The average molecular weight is 348 g/mol. The minimum atomic E-state index is -3.06. The van der Waals surface area contributed by atoms with Crippen LogP contribution in [-0.4, -0.2) is 36.0 Å². The van der Waals surface area contributed by atoms with Crippen LogP contribution >= 0.6 is 15.9 Å². The summed E-state index contributed by atoms with van der Waals surface area (Å²) in [5.74, 6) is -1.89. The molecule has 1 aliphatic rings. The maximum absolute atomic E-state index is 11.5. The third-order valence-corrected chi connectivity index (χ3v) is 5.63. The maximum atomic E-state index is 11.5. The number of hydrogen-bond acceptors (Lipinski definition) is 4. The van der Waals surface area contributed by atoms with Crippen LogP contribution in [0.3, 0.4) is 0 Å². The zero-order valence-corrected chi connectivity index (χ0v) is 12.5. The van der Waals surface area contributed by atoms with Gasteiger partial charge in [-0.2, -0.15) is 0 Å². The predicted octanol–water partition coefficient (Wildman–Crippen LogP) is 1.52. The van der Waals surface area contributed by atoms with Crippen molar-refractivity contribution in [3.8, 4) is 0 Å². The average Bonchev–Trinajstić information content (AvgIpc) is 2.68. The lowest BCUT2D eigenvalue weighted by Gasteiger charge is -2.17. The van der Waals surface area contributed by atoms with Gasteiger partial charge in [-0.25, -0.2) is 8.42 Å². The molecular weight excluding hydrogens is 334 g/mol. The number of sulfone groups is 1. The molecule has 0 saturated carbocycles. The minimum Gasteiger partial charge on any atom is -0.481 e. The minimum absolute atomic E-state index is 0.0273. The molecule has 2 unspecified atom stereocenters.